The van der Waals surface area contributed by atoms with Gasteiger partial charge in [-0.2, -0.15) is 0 Å². The van der Waals surface area contributed by atoms with E-state index in [1.165, 1.54) is 6.07 Å². The fourth-order valence-corrected chi connectivity index (χ4v) is 2.05. The van der Waals surface area contributed by atoms with Crippen molar-refractivity contribution in [3.05, 3.63) is 35.1 Å². The average molecular weight is 264 g/mol. The van der Waals surface area contributed by atoms with Crippen molar-refractivity contribution in [2.75, 3.05) is 6.54 Å². The Bertz CT molecular complexity index is 502. The van der Waals surface area contributed by atoms with Gasteiger partial charge in [-0.1, -0.05) is 6.07 Å². The third kappa shape index (κ3) is 3.30. The predicted molar refractivity (Wildman–Crippen MR) is 69.3 cm³/mol. The van der Waals surface area contributed by atoms with Crippen molar-refractivity contribution in [3.8, 4) is 0 Å². The van der Waals surface area contributed by atoms with E-state index in [0.29, 0.717) is 18.5 Å². The minimum absolute atomic E-state index is 0.168. The molecule has 5 heteroatoms. The van der Waals surface area contributed by atoms with E-state index in [-0.39, 0.29) is 11.5 Å². The highest BCUT2D eigenvalue weighted by atomic mass is 19.1. The first-order chi connectivity index (χ1) is 9.08. The van der Waals surface area contributed by atoms with Gasteiger partial charge in [0.25, 0.3) is 5.91 Å². The summed E-state index contributed by atoms with van der Waals surface area (Å²) in [5, 5.41) is 5.40. The molecule has 1 fully saturated rings. The Labute approximate surface area is 111 Å². The van der Waals surface area contributed by atoms with Crippen LogP contribution >= 0.6 is 0 Å². The van der Waals surface area contributed by atoms with Gasteiger partial charge in [-0.25, -0.2) is 4.39 Å². The molecule has 4 nitrogen and oxygen atoms in total. The number of amides is 2. The Balaban J connectivity index is 2.07. The lowest BCUT2D eigenvalue weighted by atomic mass is 10.1. The lowest BCUT2D eigenvalue weighted by molar-refractivity contribution is -0.122. The summed E-state index contributed by atoms with van der Waals surface area (Å²) in [6.07, 6.45) is 2.41. The molecule has 0 radical (unpaired) electrons. The standard InChI is InChI=1S/C14H17FN2O2/c1-9-5-6-10(8-11(9)15)13(18)17-12-4-2-3-7-16-14(12)19/h5-6,8,12H,2-4,7H2,1H3,(H,16,19)(H,17,18). The number of carbonyl (C=O) groups is 2. The summed E-state index contributed by atoms with van der Waals surface area (Å²) in [4.78, 5) is 23.7. The molecule has 1 atom stereocenters. The van der Waals surface area contributed by atoms with Gasteiger partial charge >= 0.3 is 0 Å². The number of carbonyl (C=O) groups excluding carboxylic acids is 2. The Morgan fingerprint density at radius 1 is 1.42 bits per heavy atom. The third-order valence-corrected chi connectivity index (χ3v) is 3.27. The van der Waals surface area contributed by atoms with Crippen molar-refractivity contribution < 1.29 is 14.0 Å². The number of hydrogen-bond donors (Lipinski definition) is 2. The molecule has 102 valence electrons. The maximum Gasteiger partial charge on any atom is 0.252 e. The van der Waals surface area contributed by atoms with Crippen LogP contribution in [0.2, 0.25) is 0 Å². The highest BCUT2D eigenvalue weighted by molar-refractivity contribution is 5.97. The minimum Gasteiger partial charge on any atom is -0.354 e. The SMILES string of the molecule is Cc1ccc(C(=O)NC2CCCCNC2=O)cc1F. The molecule has 2 amide bonds. The second kappa shape index (κ2) is 5.82. The van der Waals surface area contributed by atoms with Crippen LogP contribution in [-0.4, -0.2) is 24.4 Å². The summed E-state index contributed by atoms with van der Waals surface area (Å²) in [5.74, 6) is -1.00. The number of benzene rings is 1. The van der Waals surface area contributed by atoms with Crippen molar-refractivity contribution in [1.29, 1.82) is 0 Å². The molecule has 0 bridgehead atoms. The average Bonchev–Trinajstić information content (AvgIpc) is 2.58. The minimum atomic E-state index is -0.528. The normalized spacial score (nSPS) is 19.5. The van der Waals surface area contributed by atoms with Crippen molar-refractivity contribution in [2.24, 2.45) is 0 Å². The van der Waals surface area contributed by atoms with Crippen LogP contribution in [0.3, 0.4) is 0 Å². The quantitative estimate of drug-likeness (QED) is 0.851. The van der Waals surface area contributed by atoms with Crippen LogP contribution in [0.1, 0.15) is 35.2 Å². The van der Waals surface area contributed by atoms with Gasteiger partial charge in [-0.15, -0.1) is 0 Å². The second-order valence-electron chi connectivity index (χ2n) is 4.78. The molecular formula is C14H17FN2O2. The van der Waals surface area contributed by atoms with Crippen molar-refractivity contribution in [1.82, 2.24) is 10.6 Å². The maximum atomic E-state index is 13.4. The second-order valence-corrected chi connectivity index (χ2v) is 4.78. The summed E-state index contributed by atoms with van der Waals surface area (Å²) in [7, 11) is 0. The smallest absolute Gasteiger partial charge is 0.252 e. The van der Waals surface area contributed by atoms with Crippen molar-refractivity contribution in [3.63, 3.8) is 0 Å². The van der Waals surface area contributed by atoms with E-state index in [9.17, 15) is 14.0 Å². The number of aryl methyl sites for hydroxylation is 1. The van der Waals surface area contributed by atoms with Gasteiger partial charge in [0.05, 0.1) is 0 Å². The summed E-state index contributed by atoms with van der Waals surface area (Å²) < 4.78 is 13.4. The molecule has 1 aromatic carbocycles. The molecule has 0 saturated carbocycles. The first kappa shape index (κ1) is 13.5. The molecule has 2 N–H and O–H groups in total. The van der Waals surface area contributed by atoms with Gasteiger partial charge in [-0.05, 0) is 43.9 Å². The number of nitrogens with one attached hydrogen (secondary N) is 2. The predicted octanol–water partition coefficient (Wildman–Crippen LogP) is 1.53. The fourth-order valence-electron chi connectivity index (χ4n) is 2.05. The van der Waals surface area contributed by atoms with E-state index in [4.69, 9.17) is 0 Å². The zero-order valence-electron chi connectivity index (χ0n) is 10.8. The largest absolute Gasteiger partial charge is 0.354 e. The van der Waals surface area contributed by atoms with Crippen LogP contribution < -0.4 is 10.6 Å². The fraction of sp³-hybridized carbons (Fsp3) is 0.429. The molecule has 1 aliphatic rings. The van der Waals surface area contributed by atoms with Gasteiger partial charge in [0.2, 0.25) is 5.91 Å². The van der Waals surface area contributed by atoms with E-state index in [1.807, 2.05) is 0 Å². The van der Waals surface area contributed by atoms with E-state index in [1.54, 1.807) is 19.1 Å². The lowest BCUT2D eigenvalue weighted by Crippen LogP contribution is -2.45. The maximum absolute atomic E-state index is 13.4. The third-order valence-electron chi connectivity index (χ3n) is 3.27. The summed E-state index contributed by atoms with van der Waals surface area (Å²) in [5.41, 5.74) is 0.726. The molecule has 1 aliphatic heterocycles. The monoisotopic (exact) mass is 264 g/mol. The van der Waals surface area contributed by atoms with Crippen LogP contribution in [0.25, 0.3) is 0 Å². The first-order valence-corrected chi connectivity index (χ1v) is 6.42. The highest BCUT2D eigenvalue weighted by Gasteiger charge is 2.23. The van der Waals surface area contributed by atoms with Crippen LogP contribution in [0.15, 0.2) is 18.2 Å². The molecule has 1 heterocycles. The zero-order chi connectivity index (χ0) is 13.8. The molecule has 1 unspecified atom stereocenters. The van der Waals surface area contributed by atoms with Crippen molar-refractivity contribution in [2.45, 2.75) is 32.2 Å². The van der Waals surface area contributed by atoms with E-state index in [2.05, 4.69) is 10.6 Å². The summed E-state index contributed by atoms with van der Waals surface area (Å²) in [6.45, 7) is 2.28. The van der Waals surface area contributed by atoms with Crippen molar-refractivity contribution >= 4 is 11.8 Å². The number of halogens is 1. The van der Waals surface area contributed by atoms with Gasteiger partial charge in [0.15, 0.2) is 0 Å². The Hall–Kier alpha value is -1.91. The van der Waals surface area contributed by atoms with E-state index >= 15 is 0 Å². The van der Waals surface area contributed by atoms with Gasteiger partial charge in [-0.3, -0.25) is 9.59 Å². The zero-order valence-corrected chi connectivity index (χ0v) is 10.8. The van der Waals surface area contributed by atoms with Crippen LogP contribution in [0, 0.1) is 12.7 Å². The van der Waals surface area contributed by atoms with Gasteiger partial charge < -0.3 is 10.6 Å². The van der Waals surface area contributed by atoms with Crippen LogP contribution in [0.4, 0.5) is 4.39 Å². The summed E-state index contributed by atoms with van der Waals surface area (Å²) >= 11 is 0. The van der Waals surface area contributed by atoms with Crippen LogP contribution in [-0.2, 0) is 4.79 Å². The molecule has 2 rings (SSSR count). The lowest BCUT2D eigenvalue weighted by Gasteiger charge is -2.15. The molecule has 19 heavy (non-hydrogen) atoms. The molecule has 0 spiro atoms. The number of rotatable bonds is 2. The molecule has 1 saturated heterocycles. The Morgan fingerprint density at radius 3 is 2.95 bits per heavy atom. The molecular weight excluding hydrogens is 247 g/mol. The van der Waals surface area contributed by atoms with E-state index < -0.39 is 17.8 Å². The Morgan fingerprint density at radius 2 is 2.21 bits per heavy atom. The van der Waals surface area contributed by atoms with E-state index in [0.717, 1.165) is 12.8 Å². The van der Waals surface area contributed by atoms with Gasteiger partial charge in [0, 0.05) is 12.1 Å². The van der Waals surface area contributed by atoms with Crippen LogP contribution in [0.5, 0.6) is 0 Å². The highest BCUT2D eigenvalue weighted by Crippen LogP contribution is 2.11. The number of hydrogen-bond acceptors (Lipinski definition) is 2. The topological polar surface area (TPSA) is 58.2 Å². The molecule has 0 aliphatic carbocycles. The summed E-state index contributed by atoms with van der Waals surface area (Å²) in [6, 6.07) is 3.78. The van der Waals surface area contributed by atoms with Gasteiger partial charge in [0.1, 0.15) is 11.9 Å². The first-order valence-electron chi connectivity index (χ1n) is 6.42. The molecule has 0 aromatic heterocycles. The molecule has 1 aromatic rings. The Kier molecular flexibility index (Phi) is 4.14.